The van der Waals surface area contributed by atoms with Crippen molar-refractivity contribution in [2.45, 2.75) is 141 Å². The molecule has 2 aromatic rings. The van der Waals surface area contributed by atoms with E-state index in [9.17, 15) is 38.7 Å². The average Bonchev–Trinajstić information content (AvgIpc) is 3.32. The van der Waals surface area contributed by atoms with E-state index in [0.717, 1.165) is 6.42 Å². The molecule has 0 bridgehead atoms. The van der Waals surface area contributed by atoms with Crippen molar-refractivity contribution < 1.29 is 38.7 Å². The summed E-state index contributed by atoms with van der Waals surface area (Å²) in [6.45, 7) is 7.91. The van der Waals surface area contributed by atoms with E-state index < -0.39 is 83.5 Å². The quantitative estimate of drug-likeness (QED) is 0.0239. The van der Waals surface area contributed by atoms with Gasteiger partial charge in [0.05, 0.1) is 0 Å². The number of primary amides is 1. The van der Waals surface area contributed by atoms with E-state index in [4.69, 9.17) is 34.4 Å². The van der Waals surface area contributed by atoms with E-state index in [1.807, 2.05) is 13.8 Å². The van der Waals surface area contributed by atoms with Crippen LogP contribution in [0.1, 0.15) is 103 Å². The van der Waals surface area contributed by atoms with Gasteiger partial charge in [-0.3, -0.25) is 43.5 Å². The summed E-state index contributed by atoms with van der Waals surface area (Å²) >= 11 is 0. The molecule has 0 spiro atoms. The summed E-state index contributed by atoms with van der Waals surface area (Å²) in [4.78, 5) is 105. The Balaban J connectivity index is 2.58. The van der Waals surface area contributed by atoms with Gasteiger partial charge in [0.1, 0.15) is 42.0 Å². The summed E-state index contributed by atoms with van der Waals surface area (Å²) in [7, 11) is 0. The zero-order chi connectivity index (χ0) is 52.2. The summed E-state index contributed by atoms with van der Waals surface area (Å²) in [5.74, 6) is -5.93. The van der Waals surface area contributed by atoms with Crippen LogP contribution in [0.4, 0.5) is 0 Å². The molecule has 0 radical (unpaired) electrons. The van der Waals surface area contributed by atoms with Crippen molar-refractivity contribution in [1.82, 2.24) is 31.9 Å². The van der Waals surface area contributed by atoms with Crippen molar-refractivity contribution in [3.8, 4) is 5.75 Å². The Morgan fingerprint density at radius 1 is 0.529 bits per heavy atom. The van der Waals surface area contributed by atoms with Gasteiger partial charge in [0.25, 0.3) is 0 Å². The number of nitrogens with two attached hydrogens (primary N) is 6. The van der Waals surface area contributed by atoms with Gasteiger partial charge < -0.3 is 71.4 Å². The van der Waals surface area contributed by atoms with Gasteiger partial charge in [-0.15, -0.1) is 0 Å². The topological polar surface area (TPSA) is 393 Å². The first-order valence-corrected chi connectivity index (χ1v) is 24.0. The molecular formula is C48H78N14O8. The molecule has 0 saturated heterocycles. The molecule has 22 heteroatoms. The number of amides is 7. The van der Waals surface area contributed by atoms with Crippen molar-refractivity contribution in [3.63, 3.8) is 0 Å². The zero-order valence-electron chi connectivity index (χ0n) is 41.1. The lowest BCUT2D eigenvalue weighted by Crippen LogP contribution is -2.61. The summed E-state index contributed by atoms with van der Waals surface area (Å²) in [6, 6.07) is 7.55. The molecule has 2 aromatic carbocycles. The Bertz CT molecular complexity index is 2030. The highest BCUT2D eigenvalue weighted by Crippen LogP contribution is 2.15. The van der Waals surface area contributed by atoms with Gasteiger partial charge in [-0.05, 0) is 87.1 Å². The van der Waals surface area contributed by atoms with Crippen molar-refractivity contribution in [2.24, 2.45) is 56.2 Å². The molecule has 2 rings (SSSR count). The maximum atomic E-state index is 14.6. The monoisotopic (exact) mass is 979 g/mol. The summed E-state index contributed by atoms with van der Waals surface area (Å²) in [5.41, 5.74) is 34.5. The van der Waals surface area contributed by atoms with Crippen LogP contribution in [0.25, 0.3) is 0 Å². The van der Waals surface area contributed by atoms with Crippen LogP contribution in [0.3, 0.4) is 0 Å². The van der Waals surface area contributed by atoms with Gasteiger partial charge in [0, 0.05) is 31.8 Å². The first-order valence-electron chi connectivity index (χ1n) is 24.0. The normalized spacial score (nSPS) is 14.4. The van der Waals surface area contributed by atoms with E-state index in [0.29, 0.717) is 49.8 Å². The third-order valence-electron chi connectivity index (χ3n) is 11.7. The van der Waals surface area contributed by atoms with Crippen LogP contribution in [-0.4, -0.2) is 114 Å². The lowest BCUT2D eigenvalue weighted by molar-refractivity contribution is -0.136. The van der Waals surface area contributed by atoms with E-state index >= 15 is 0 Å². The third kappa shape index (κ3) is 22.4. The highest BCUT2D eigenvalue weighted by atomic mass is 16.3. The fourth-order valence-corrected chi connectivity index (χ4v) is 7.37. The predicted octanol–water partition coefficient (Wildman–Crippen LogP) is -0.710. The van der Waals surface area contributed by atoms with Crippen LogP contribution in [-0.2, 0) is 46.4 Å². The lowest BCUT2D eigenvalue weighted by Gasteiger charge is -2.29. The van der Waals surface area contributed by atoms with Gasteiger partial charge >= 0.3 is 0 Å². The van der Waals surface area contributed by atoms with Crippen LogP contribution in [0.2, 0.25) is 0 Å². The molecule has 0 aliphatic rings. The standard InChI is InChI=1S/C48H78N14O8/c1-5-14-30(4)41(65)58-35(18-12-25-55-47(51)52)42(66)60-37(27-31-15-8-7-9-16-31)45(69)61-38(28-32-20-22-33(63)23-21-32)44(68)59-36(19-13-26-56-48(53)54)43(67)62-39(29(3)6-2)46(70)57-34(40(50)64)17-10-11-24-49/h7-9,15-16,20-23,29-30,34-39,63H,5-6,10-14,17-19,24-28,49H2,1-4H3,(H2,50,64)(H,57,70)(H,58,65)(H,59,68)(H,60,66)(H,61,69)(H,62,67)(H4,51,52,55)(H4,53,54,56). The third-order valence-corrected chi connectivity index (χ3v) is 11.7. The smallest absolute Gasteiger partial charge is 0.243 e. The van der Waals surface area contributed by atoms with Crippen LogP contribution in [0.15, 0.2) is 64.6 Å². The molecule has 0 aliphatic carbocycles. The second-order valence-electron chi connectivity index (χ2n) is 17.5. The van der Waals surface area contributed by atoms with Crippen LogP contribution in [0, 0.1) is 11.8 Å². The number of phenolic OH excluding ortho intramolecular Hbond substituents is 1. The number of nitrogens with zero attached hydrogens (tertiary/aromatic N) is 2. The Morgan fingerprint density at radius 3 is 1.44 bits per heavy atom. The van der Waals surface area contributed by atoms with E-state index in [1.54, 1.807) is 56.3 Å². The van der Waals surface area contributed by atoms with Crippen molar-refractivity contribution in [3.05, 3.63) is 65.7 Å². The number of carbonyl (C=O) groups is 7. The number of guanidine groups is 2. The number of nitrogens with one attached hydrogen (secondary N) is 6. The number of unbranched alkanes of at least 4 members (excludes halogenated alkanes) is 1. The van der Waals surface area contributed by atoms with Crippen molar-refractivity contribution >= 4 is 53.3 Å². The van der Waals surface area contributed by atoms with Crippen LogP contribution in [0.5, 0.6) is 5.75 Å². The van der Waals surface area contributed by atoms with E-state index in [-0.39, 0.29) is 75.2 Å². The fraction of sp³-hybridized carbons (Fsp3) is 0.562. The molecular weight excluding hydrogens is 901 g/mol. The fourth-order valence-electron chi connectivity index (χ4n) is 7.37. The number of benzene rings is 2. The maximum absolute atomic E-state index is 14.6. The number of carbonyl (C=O) groups excluding carboxylic acids is 7. The second-order valence-corrected chi connectivity index (χ2v) is 17.5. The van der Waals surface area contributed by atoms with E-state index in [2.05, 4.69) is 41.9 Å². The zero-order valence-corrected chi connectivity index (χ0v) is 41.1. The largest absolute Gasteiger partial charge is 0.508 e. The van der Waals surface area contributed by atoms with Crippen molar-refractivity contribution in [1.29, 1.82) is 0 Å². The molecule has 8 unspecified atom stereocenters. The Hall–Kier alpha value is -6.97. The maximum Gasteiger partial charge on any atom is 0.243 e. The Labute approximate surface area is 411 Å². The second kappa shape index (κ2) is 32.0. The molecule has 8 atom stereocenters. The molecule has 0 fully saturated rings. The number of phenols is 1. The molecule has 0 aliphatic heterocycles. The Kier molecular flexibility index (Phi) is 27.0. The number of aliphatic imine (C=N–C) groups is 2. The number of rotatable bonds is 33. The molecule has 0 saturated carbocycles. The highest BCUT2D eigenvalue weighted by Gasteiger charge is 2.35. The minimum Gasteiger partial charge on any atom is -0.508 e. The van der Waals surface area contributed by atoms with Gasteiger partial charge in [-0.2, -0.15) is 0 Å². The lowest BCUT2D eigenvalue weighted by atomic mass is 9.96. The number of aromatic hydroxyl groups is 1. The summed E-state index contributed by atoms with van der Waals surface area (Å²) in [6.07, 6.45) is 3.59. The molecule has 19 N–H and O–H groups in total. The molecule has 0 heterocycles. The van der Waals surface area contributed by atoms with Crippen molar-refractivity contribution in [2.75, 3.05) is 19.6 Å². The number of hydrogen-bond acceptors (Lipinski definition) is 11. The molecule has 22 nitrogen and oxygen atoms in total. The molecule has 0 aromatic heterocycles. The molecule has 388 valence electrons. The van der Waals surface area contributed by atoms with Crippen LogP contribution < -0.4 is 66.3 Å². The molecule has 70 heavy (non-hydrogen) atoms. The summed E-state index contributed by atoms with van der Waals surface area (Å²) < 4.78 is 0. The van der Waals surface area contributed by atoms with Gasteiger partial charge in [-0.25, -0.2) is 0 Å². The number of hydrogen-bond donors (Lipinski definition) is 13. The minimum atomic E-state index is -1.39. The highest BCUT2D eigenvalue weighted by molar-refractivity contribution is 5.97. The van der Waals surface area contributed by atoms with Crippen LogP contribution >= 0.6 is 0 Å². The first-order chi connectivity index (χ1) is 33.3. The molecule has 7 amide bonds. The minimum absolute atomic E-state index is 0.0219. The Morgan fingerprint density at radius 2 is 0.971 bits per heavy atom. The summed E-state index contributed by atoms with van der Waals surface area (Å²) in [5, 5.41) is 26.6. The van der Waals surface area contributed by atoms with Gasteiger partial charge in [0.15, 0.2) is 11.9 Å². The van der Waals surface area contributed by atoms with Gasteiger partial charge in [-0.1, -0.05) is 83.0 Å². The SMILES string of the molecule is CCCC(C)C(=O)NC(CCCN=C(N)N)C(=O)NC(Cc1ccccc1)C(=O)NC(Cc1ccc(O)cc1)C(=O)NC(CCCN=C(N)N)C(=O)NC(C(=O)NC(CCCCN)C(N)=O)C(C)CC. The first kappa shape index (κ1) is 59.2. The van der Waals surface area contributed by atoms with Gasteiger partial charge in [0.2, 0.25) is 41.4 Å². The van der Waals surface area contributed by atoms with E-state index in [1.165, 1.54) is 12.1 Å². The predicted molar refractivity (Wildman–Crippen MR) is 269 cm³/mol. The average molecular weight is 979 g/mol.